The molecule has 1 N–H and O–H groups in total. The highest BCUT2D eigenvalue weighted by Gasteiger charge is 2.29. The van der Waals surface area contributed by atoms with Gasteiger partial charge in [-0.25, -0.2) is 4.39 Å². The molecule has 0 spiro atoms. The molecule has 1 aliphatic carbocycles. The summed E-state index contributed by atoms with van der Waals surface area (Å²) in [4.78, 5) is 27.6. The first-order valence-corrected chi connectivity index (χ1v) is 11.5. The summed E-state index contributed by atoms with van der Waals surface area (Å²) < 4.78 is 20.2. The van der Waals surface area contributed by atoms with Gasteiger partial charge in [-0.1, -0.05) is 67.4 Å². The standard InChI is InChI=1S/C27H29FN2O3/c1-19(27(32)29-22-12-4-5-13-22)30(17-21-10-3-7-15-24(21)28)26(31)18-33-25-16-8-11-20-9-2-6-14-23(20)25/h2-3,6-11,14-16,19,22H,4-5,12-13,17-18H2,1H3,(H,29,32)/t19-/m0/s1. The van der Waals surface area contributed by atoms with Gasteiger partial charge >= 0.3 is 0 Å². The lowest BCUT2D eigenvalue weighted by Crippen LogP contribution is -2.50. The van der Waals surface area contributed by atoms with Crippen molar-refractivity contribution in [3.63, 3.8) is 0 Å². The summed E-state index contributed by atoms with van der Waals surface area (Å²) in [5, 5.41) is 4.96. The lowest BCUT2D eigenvalue weighted by atomic mass is 10.1. The van der Waals surface area contributed by atoms with E-state index in [1.54, 1.807) is 25.1 Å². The van der Waals surface area contributed by atoms with Gasteiger partial charge in [-0.3, -0.25) is 9.59 Å². The number of amides is 2. The Morgan fingerprint density at radius 3 is 2.52 bits per heavy atom. The van der Waals surface area contributed by atoms with Gasteiger partial charge in [-0.2, -0.15) is 0 Å². The smallest absolute Gasteiger partial charge is 0.261 e. The molecule has 6 heteroatoms. The molecular weight excluding hydrogens is 419 g/mol. The Bertz CT molecular complexity index is 1120. The molecule has 0 heterocycles. The summed E-state index contributed by atoms with van der Waals surface area (Å²) >= 11 is 0. The average Bonchev–Trinajstić information content (AvgIpc) is 3.34. The van der Waals surface area contributed by atoms with E-state index in [-0.39, 0.29) is 31.0 Å². The molecule has 0 saturated heterocycles. The number of carbonyl (C=O) groups is 2. The van der Waals surface area contributed by atoms with Crippen molar-refractivity contribution in [3.8, 4) is 5.75 Å². The number of ether oxygens (including phenoxy) is 1. The van der Waals surface area contributed by atoms with E-state index >= 15 is 0 Å². The van der Waals surface area contributed by atoms with Crippen molar-refractivity contribution >= 4 is 22.6 Å². The zero-order chi connectivity index (χ0) is 23.2. The molecule has 1 atom stereocenters. The van der Waals surface area contributed by atoms with Crippen LogP contribution in [0.15, 0.2) is 66.7 Å². The molecule has 0 aromatic heterocycles. The number of carbonyl (C=O) groups excluding carboxylic acids is 2. The van der Waals surface area contributed by atoms with Crippen molar-refractivity contribution in [2.24, 2.45) is 0 Å². The van der Waals surface area contributed by atoms with Crippen LogP contribution in [0.4, 0.5) is 4.39 Å². The Kier molecular flexibility index (Phi) is 7.23. The zero-order valence-corrected chi connectivity index (χ0v) is 18.8. The third kappa shape index (κ3) is 5.51. The normalized spacial score (nSPS) is 14.7. The third-order valence-electron chi connectivity index (χ3n) is 6.27. The maximum Gasteiger partial charge on any atom is 0.261 e. The van der Waals surface area contributed by atoms with Gasteiger partial charge in [-0.15, -0.1) is 0 Å². The van der Waals surface area contributed by atoms with Crippen LogP contribution in [0.2, 0.25) is 0 Å². The summed E-state index contributed by atoms with van der Waals surface area (Å²) in [5.41, 5.74) is 0.358. The highest BCUT2D eigenvalue weighted by atomic mass is 19.1. The van der Waals surface area contributed by atoms with Crippen molar-refractivity contribution in [2.75, 3.05) is 6.61 Å². The van der Waals surface area contributed by atoms with E-state index in [2.05, 4.69) is 5.32 Å². The van der Waals surface area contributed by atoms with Crippen LogP contribution in [0.3, 0.4) is 0 Å². The second kappa shape index (κ2) is 10.5. The van der Waals surface area contributed by atoms with Gasteiger partial charge in [0.1, 0.15) is 17.6 Å². The van der Waals surface area contributed by atoms with E-state index in [1.165, 1.54) is 11.0 Å². The minimum absolute atomic E-state index is 0.0103. The van der Waals surface area contributed by atoms with Gasteiger partial charge in [-0.05, 0) is 37.3 Å². The van der Waals surface area contributed by atoms with Crippen molar-refractivity contribution < 1.29 is 18.7 Å². The number of nitrogens with zero attached hydrogens (tertiary/aromatic N) is 1. The van der Waals surface area contributed by atoms with E-state index in [4.69, 9.17) is 4.74 Å². The zero-order valence-electron chi connectivity index (χ0n) is 18.8. The van der Waals surface area contributed by atoms with E-state index < -0.39 is 11.9 Å². The van der Waals surface area contributed by atoms with Crippen LogP contribution < -0.4 is 10.1 Å². The van der Waals surface area contributed by atoms with Crippen LogP contribution >= 0.6 is 0 Å². The fourth-order valence-corrected chi connectivity index (χ4v) is 4.33. The van der Waals surface area contributed by atoms with E-state index in [0.29, 0.717) is 11.3 Å². The largest absolute Gasteiger partial charge is 0.483 e. The van der Waals surface area contributed by atoms with Gasteiger partial charge in [0.2, 0.25) is 5.91 Å². The maximum atomic E-state index is 14.4. The Labute approximate surface area is 193 Å². The first kappa shape index (κ1) is 22.8. The fourth-order valence-electron chi connectivity index (χ4n) is 4.33. The van der Waals surface area contributed by atoms with Crippen LogP contribution in [-0.2, 0) is 16.1 Å². The molecule has 33 heavy (non-hydrogen) atoms. The topological polar surface area (TPSA) is 58.6 Å². The quantitative estimate of drug-likeness (QED) is 0.537. The van der Waals surface area contributed by atoms with Crippen LogP contribution in [-0.4, -0.2) is 35.4 Å². The molecule has 1 fully saturated rings. The number of benzene rings is 3. The van der Waals surface area contributed by atoms with E-state index in [1.807, 2.05) is 42.5 Å². The highest BCUT2D eigenvalue weighted by molar-refractivity contribution is 5.90. The Hall–Kier alpha value is -3.41. The first-order chi connectivity index (χ1) is 16.0. The summed E-state index contributed by atoms with van der Waals surface area (Å²) in [7, 11) is 0. The van der Waals surface area contributed by atoms with Crippen molar-refractivity contribution in [1.82, 2.24) is 10.2 Å². The van der Waals surface area contributed by atoms with Gasteiger partial charge < -0.3 is 15.0 Å². The molecule has 172 valence electrons. The molecule has 0 bridgehead atoms. The van der Waals surface area contributed by atoms with Crippen LogP contribution in [0.25, 0.3) is 10.8 Å². The Morgan fingerprint density at radius 2 is 1.73 bits per heavy atom. The number of nitrogens with one attached hydrogen (secondary N) is 1. The minimum Gasteiger partial charge on any atom is -0.483 e. The van der Waals surface area contributed by atoms with E-state index in [9.17, 15) is 14.0 Å². The molecule has 5 nitrogen and oxygen atoms in total. The number of rotatable bonds is 8. The molecule has 1 aliphatic rings. The SMILES string of the molecule is C[C@@H](C(=O)NC1CCCC1)N(Cc1ccccc1F)C(=O)COc1cccc2ccccc12. The molecule has 3 aromatic rings. The molecule has 4 rings (SSSR count). The second-order valence-electron chi connectivity index (χ2n) is 8.54. The van der Waals surface area contributed by atoms with Gasteiger partial charge in [0, 0.05) is 23.5 Å². The van der Waals surface area contributed by atoms with Crippen LogP contribution in [0.5, 0.6) is 5.75 Å². The van der Waals surface area contributed by atoms with Gasteiger partial charge in [0.05, 0.1) is 0 Å². The summed E-state index contributed by atoms with van der Waals surface area (Å²) in [5.74, 6) is -0.416. The van der Waals surface area contributed by atoms with Crippen molar-refractivity contribution in [3.05, 3.63) is 78.1 Å². The summed E-state index contributed by atoms with van der Waals surface area (Å²) in [6.45, 7) is 1.42. The molecule has 1 saturated carbocycles. The second-order valence-corrected chi connectivity index (χ2v) is 8.54. The first-order valence-electron chi connectivity index (χ1n) is 11.5. The molecule has 0 unspecified atom stereocenters. The number of hydrogen-bond acceptors (Lipinski definition) is 3. The molecule has 0 radical (unpaired) electrons. The Balaban J connectivity index is 1.51. The summed E-state index contributed by atoms with van der Waals surface area (Å²) in [6.07, 6.45) is 4.08. The average molecular weight is 449 g/mol. The van der Waals surface area contributed by atoms with Crippen molar-refractivity contribution in [2.45, 2.75) is 51.2 Å². The number of halogens is 1. The monoisotopic (exact) mass is 448 g/mol. The van der Waals surface area contributed by atoms with E-state index in [0.717, 1.165) is 36.5 Å². The van der Waals surface area contributed by atoms with Gasteiger partial charge in [0.25, 0.3) is 5.91 Å². The lowest BCUT2D eigenvalue weighted by molar-refractivity contribution is -0.142. The Morgan fingerprint density at radius 1 is 1.03 bits per heavy atom. The minimum atomic E-state index is -0.756. The summed E-state index contributed by atoms with van der Waals surface area (Å²) in [6, 6.07) is 19.1. The highest BCUT2D eigenvalue weighted by Crippen LogP contribution is 2.25. The van der Waals surface area contributed by atoms with Crippen molar-refractivity contribution in [1.29, 1.82) is 0 Å². The van der Waals surface area contributed by atoms with Crippen LogP contribution in [0.1, 0.15) is 38.2 Å². The molecular formula is C27H29FN2O3. The third-order valence-corrected chi connectivity index (χ3v) is 6.27. The van der Waals surface area contributed by atoms with Gasteiger partial charge in [0.15, 0.2) is 6.61 Å². The molecule has 3 aromatic carbocycles. The number of fused-ring (bicyclic) bond motifs is 1. The van der Waals surface area contributed by atoms with Crippen LogP contribution in [0, 0.1) is 5.82 Å². The predicted molar refractivity (Wildman–Crippen MR) is 126 cm³/mol. The lowest BCUT2D eigenvalue weighted by Gasteiger charge is -2.29. The number of hydrogen-bond donors (Lipinski definition) is 1. The molecule has 2 amide bonds. The fraction of sp³-hybridized carbons (Fsp3) is 0.333. The maximum absolute atomic E-state index is 14.4. The predicted octanol–water partition coefficient (Wildman–Crippen LogP) is 4.83. The molecule has 0 aliphatic heterocycles.